The van der Waals surface area contributed by atoms with Crippen molar-refractivity contribution in [1.82, 2.24) is 9.13 Å². The molecule has 0 aliphatic rings. The molecule has 0 saturated carbocycles. The quantitative estimate of drug-likeness (QED) is 0.543. The van der Waals surface area contributed by atoms with Crippen molar-refractivity contribution in [1.29, 1.82) is 0 Å². The third-order valence-electron chi connectivity index (χ3n) is 5.25. The van der Waals surface area contributed by atoms with Crippen LogP contribution in [-0.4, -0.2) is 20.2 Å². The molecule has 30 heavy (non-hydrogen) atoms. The molecule has 0 amide bonds. The van der Waals surface area contributed by atoms with Crippen LogP contribution >= 0.6 is 0 Å². The van der Waals surface area contributed by atoms with E-state index in [4.69, 9.17) is 0 Å². The van der Waals surface area contributed by atoms with Crippen LogP contribution in [-0.2, 0) is 19.5 Å². The maximum absolute atomic E-state index is 14.9. The number of carboxylic acid groups (broad SMARTS) is 1. The summed E-state index contributed by atoms with van der Waals surface area (Å²) in [5, 5.41) is 9.40. The summed E-state index contributed by atoms with van der Waals surface area (Å²) in [6.07, 6.45) is 2.90. The second-order valence-corrected chi connectivity index (χ2v) is 7.41. The summed E-state index contributed by atoms with van der Waals surface area (Å²) in [6.45, 7) is 4.64. The molecule has 2 aromatic carbocycles. The average molecular weight is 410 g/mol. The zero-order valence-electron chi connectivity index (χ0n) is 17.4. The van der Waals surface area contributed by atoms with Crippen molar-refractivity contribution in [2.75, 3.05) is 0 Å². The number of carbonyl (C=O) groups is 1. The summed E-state index contributed by atoms with van der Waals surface area (Å²) in [7, 11) is 0. The molecule has 3 aromatic rings. The van der Waals surface area contributed by atoms with Crippen LogP contribution in [0.1, 0.15) is 54.7 Å². The van der Waals surface area contributed by atoms with Crippen molar-refractivity contribution in [3.8, 4) is 11.1 Å². The highest BCUT2D eigenvalue weighted by atomic mass is 19.1. The number of unbranched alkanes of at least 4 members (excludes halogenated alkanes) is 1. The number of halogens is 1. The van der Waals surface area contributed by atoms with E-state index in [1.165, 1.54) is 9.13 Å². The molecule has 0 bridgehead atoms. The number of imidazole rings is 1. The van der Waals surface area contributed by atoms with Crippen molar-refractivity contribution in [3.05, 3.63) is 81.8 Å². The van der Waals surface area contributed by atoms with Gasteiger partial charge in [-0.05, 0) is 35.6 Å². The number of benzene rings is 2. The van der Waals surface area contributed by atoms with E-state index >= 15 is 0 Å². The Morgan fingerprint density at radius 1 is 1.00 bits per heavy atom. The zero-order chi connectivity index (χ0) is 21.7. The van der Waals surface area contributed by atoms with E-state index in [-0.39, 0.29) is 17.8 Å². The maximum Gasteiger partial charge on any atom is 0.336 e. The first-order chi connectivity index (χ1) is 14.5. The molecule has 0 spiro atoms. The molecule has 1 N–H and O–H groups in total. The molecule has 3 rings (SSSR count). The molecule has 158 valence electrons. The number of aromatic carboxylic acids is 1. The number of rotatable bonds is 9. The molecular formula is C24H27FN2O3. The van der Waals surface area contributed by atoms with E-state index < -0.39 is 11.9 Å². The number of aromatic nitrogens is 2. The van der Waals surface area contributed by atoms with Gasteiger partial charge in [0, 0.05) is 6.54 Å². The van der Waals surface area contributed by atoms with Gasteiger partial charge in [-0.2, -0.15) is 4.39 Å². The molecule has 0 unspecified atom stereocenters. The molecule has 1 aromatic heterocycles. The zero-order valence-corrected chi connectivity index (χ0v) is 17.4. The standard InChI is InChI=1S/C24H27FN2O3/c1-3-5-15-26-22(25)21(8-4-2)27(24(26)30)16-17-11-13-18(14-12-17)19-9-6-7-10-20(19)23(28)29/h6-7,9-14H,3-5,8,15-16H2,1-2H3,(H,28,29). The molecule has 0 aliphatic heterocycles. The van der Waals surface area contributed by atoms with Crippen LogP contribution in [0, 0.1) is 5.95 Å². The number of hydrogen-bond acceptors (Lipinski definition) is 2. The minimum Gasteiger partial charge on any atom is -0.478 e. The Morgan fingerprint density at radius 3 is 2.33 bits per heavy atom. The van der Waals surface area contributed by atoms with Crippen molar-refractivity contribution in [3.63, 3.8) is 0 Å². The van der Waals surface area contributed by atoms with Crippen LogP contribution in [0.15, 0.2) is 53.3 Å². The summed E-state index contributed by atoms with van der Waals surface area (Å²) in [4.78, 5) is 24.3. The lowest BCUT2D eigenvalue weighted by atomic mass is 9.99. The Balaban J connectivity index is 1.92. The van der Waals surface area contributed by atoms with Gasteiger partial charge in [-0.25, -0.2) is 9.59 Å². The van der Waals surface area contributed by atoms with Gasteiger partial charge in [0.05, 0.1) is 17.8 Å². The second kappa shape index (κ2) is 9.57. The van der Waals surface area contributed by atoms with E-state index in [2.05, 4.69) is 0 Å². The summed E-state index contributed by atoms with van der Waals surface area (Å²) in [5.74, 6) is -1.41. The Hall–Kier alpha value is -3.15. The fraction of sp³-hybridized carbons (Fsp3) is 0.333. The van der Waals surface area contributed by atoms with Gasteiger partial charge in [-0.1, -0.05) is 69.2 Å². The van der Waals surface area contributed by atoms with Crippen LogP contribution < -0.4 is 5.69 Å². The molecule has 1 heterocycles. The van der Waals surface area contributed by atoms with E-state index in [1.807, 2.05) is 38.1 Å². The minimum atomic E-state index is -0.977. The Kier molecular flexibility index (Phi) is 6.87. The molecule has 0 saturated heterocycles. The second-order valence-electron chi connectivity index (χ2n) is 7.41. The Morgan fingerprint density at radius 2 is 1.70 bits per heavy atom. The molecule has 0 aliphatic carbocycles. The van der Waals surface area contributed by atoms with Gasteiger partial charge in [0.25, 0.3) is 0 Å². The van der Waals surface area contributed by atoms with Gasteiger partial charge in [-0.3, -0.25) is 9.13 Å². The van der Waals surface area contributed by atoms with Gasteiger partial charge >= 0.3 is 11.7 Å². The third kappa shape index (κ3) is 4.37. The highest BCUT2D eigenvalue weighted by Gasteiger charge is 2.19. The number of hydrogen-bond donors (Lipinski definition) is 1. The average Bonchev–Trinajstić information content (AvgIpc) is 2.97. The third-order valence-corrected chi connectivity index (χ3v) is 5.25. The van der Waals surface area contributed by atoms with Gasteiger partial charge in [0.1, 0.15) is 0 Å². The summed E-state index contributed by atoms with van der Waals surface area (Å²) in [5.41, 5.74) is 2.64. The van der Waals surface area contributed by atoms with Gasteiger partial charge in [-0.15, -0.1) is 0 Å². The van der Waals surface area contributed by atoms with Crippen molar-refractivity contribution in [2.45, 2.75) is 52.6 Å². The highest BCUT2D eigenvalue weighted by Crippen LogP contribution is 2.24. The van der Waals surface area contributed by atoms with Crippen LogP contribution in [0.2, 0.25) is 0 Å². The number of carboxylic acids is 1. The van der Waals surface area contributed by atoms with E-state index in [0.717, 1.165) is 30.4 Å². The van der Waals surface area contributed by atoms with Crippen LogP contribution in [0.25, 0.3) is 11.1 Å². The Bertz CT molecular complexity index is 1080. The molecule has 0 fully saturated rings. The SMILES string of the molecule is CCCCn1c(F)c(CCC)n(Cc2ccc(-c3ccccc3C(=O)O)cc2)c1=O. The summed E-state index contributed by atoms with van der Waals surface area (Å²) < 4.78 is 17.6. The lowest BCUT2D eigenvalue weighted by molar-refractivity contribution is 0.0697. The normalized spacial score (nSPS) is 11.0. The molecule has 5 nitrogen and oxygen atoms in total. The van der Waals surface area contributed by atoms with Crippen molar-refractivity contribution < 1.29 is 14.3 Å². The van der Waals surface area contributed by atoms with Gasteiger partial charge in [0.15, 0.2) is 0 Å². The monoisotopic (exact) mass is 410 g/mol. The van der Waals surface area contributed by atoms with Crippen LogP contribution in [0.4, 0.5) is 4.39 Å². The summed E-state index contributed by atoms with van der Waals surface area (Å²) >= 11 is 0. The van der Waals surface area contributed by atoms with Crippen LogP contribution in [0.3, 0.4) is 0 Å². The van der Waals surface area contributed by atoms with Crippen LogP contribution in [0.5, 0.6) is 0 Å². The lowest BCUT2D eigenvalue weighted by Gasteiger charge is -2.09. The van der Waals surface area contributed by atoms with E-state index in [1.54, 1.807) is 24.3 Å². The fourth-order valence-corrected chi connectivity index (χ4v) is 3.65. The smallest absolute Gasteiger partial charge is 0.336 e. The first-order valence-electron chi connectivity index (χ1n) is 10.4. The number of nitrogens with zero attached hydrogens (tertiary/aromatic N) is 2. The topological polar surface area (TPSA) is 64.2 Å². The maximum atomic E-state index is 14.9. The van der Waals surface area contributed by atoms with Crippen molar-refractivity contribution in [2.24, 2.45) is 0 Å². The summed E-state index contributed by atoms with van der Waals surface area (Å²) in [6, 6.07) is 14.2. The van der Waals surface area contributed by atoms with Crippen molar-refractivity contribution >= 4 is 5.97 Å². The minimum absolute atomic E-state index is 0.238. The first kappa shape index (κ1) is 21.6. The van der Waals surface area contributed by atoms with E-state index in [0.29, 0.717) is 24.2 Å². The molecule has 0 radical (unpaired) electrons. The predicted molar refractivity (Wildman–Crippen MR) is 115 cm³/mol. The Labute approximate surface area is 175 Å². The fourth-order valence-electron chi connectivity index (χ4n) is 3.65. The van der Waals surface area contributed by atoms with E-state index in [9.17, 15) is 19.1 Å². The molecule has 6 heteroatoms. The first-order valence-corrected chi connectivity index (χ1v) is 10.4. The molecule has 0 atom stereocenters. The van der Waals surface area contributed by atoms with Gasteiger partial charge < -0.3 is 5.11 Å². The lowest BCUT2D eigenvalue weighted by Crippen LogP contribution is -2.26. The molecular weight excluding hydrogens is 383 g/mol. The highest BCUT2D eigenvalue weighted by molar-refractivity contribution is 5.95. The predicted octanol–water partition coefficient (Wildman–Crippen LogP) is 4.96. The largest absolute Gasteiger partial charge is 0.478 e. The van der Waals surface area contributed by atoms with Gasteiger partial charge in [0.2, 0.25) is 5.95 Å².